The van der Waals surface area contributed by atoms with Crippen molar-refractivity contribution >= 4 is 17.5 Å². The van der Waals surface area contributed by atoms with Crippen LogP contribution in [0.25, 0.3) is 0 Å². The Morgan fingerprint density at radius 3 is 2.54 bits per heavy atom. The highest BCUT2D eigenvalue weighted by molar-refractivity contribution is 5.87. The molecule has 0 aliphatic heterocycles. The molecule has 0 aliphatic carbocycles. The van der Waals surface area contributed by atoms with Gasteiger partial charge in [0.2, 0.25) is 11.8 Å². The number of rotatable bonds is 8. The third kappa shape index (κ3) is 5.51. The van der Waals surface area contributed by atoms with Crippen LogP contribution in [-0.4, -0.2) is 36.4 Å². The average molecular weight is 338 g/mol. The maximum Gasteiger partial charge on any atom is 0.311 e. The number of hydrogen-bond acceptors (Lipinski definition) is 6. The van der Waals surface area contributed by atoms with E-state index in [2.05, 4.69) is 10.6 Å². The van der Waals surface area contributed by atoms with Gasteiger partial charge in [-0.1, -0.05) is 19.9 Å². The summed E-state index contributed by atoms with van der Waals surface area (Å²) in [5, 5.41) is 16.0. The van der Waals surface area contributed by atoms with E-state index in [-0.39, 0.29) is 30.4 Å². The Kier molecular flexibility index (Phi) is 7.12. The summed E-state index contributed by atoms with van der Waals surface area (Å²) in [5.41, 5.74) is 6.03. The van der Waals surface area contributed by atoms with Gasteiger partial charge >= 0.3 is 5.69 Å². The number of nitro groups is 1. The van der Waals surface area contributed by atoms with E-state index >= 15 is 0 Å². The average Bonchev–Trinajstić information content (AvgIpc) is 2.56. The van der Waals surface area contributed by atoms with Crippen molar-refractivity contribution in [2.75, 3.05) is 13.7 Å². The molecule has 0 heterocycles. The van der Waals surface area contributed by atoms with Crippen molar-refractivity contribution in [2.45, 2.75) is 26.4 Å². The third-order valence-corrected chi connectivity index (χ3v) is 3.37. The van der Waals surface area contributed by atoms with Crippen LogP contribution < -0.4 is 21.1 Å². The van der Waals surface area contributed by atoms with Crippen molar-refractivity contribution in [2.24, 2.45) is 11.7 Å². The summed E-state index contributed by atoms with van der Waals surface area (Å²) in [6, 6.07) is 3.72. The summed E-state index contributed by atoms with van der Waals surface area (Å²) in [6.45, 7) is 3.50. The van der Waals surface area contributed by atoms with E-state index in [4.69, 9.17) is 10.5 Å². The molecule has 132 valence electrons. The van der Waals surface area contributed by atoms with Crippen LogP contribution in [0.15, 0.2) is 18.2 Å². The first kappa shape index (κ1) is 19.4. The van der Waals surface area contributed by atoms with Crippen LogP contribution >= 0.6 is 0 Å². The zero-order valence-corrected chi connectivity index (χ0v) is 13.9. The molecule has 1 aromatic carbocycles. The molecule has 0 bridgehead atoms. The second kappa shape index (κ2) is 8.82. The van der Waals surface area contributed by atoms with E-state index in [1.54, 1.807) is 19.9 Å². The Hall–Kier alpha value is -2.68. The molecule has 2 amide bonds. The molecule has 0 saturated heterocycles. The highest BCUT2D eigenvalue weighted by Crippen LogP contribution is 2.27. The van der Waals surface area contributed by atoms with Crippen molar-refractivity contribution in [3.63, 3.8) is 0 Å². The van der Waals surface area contributed by atoms with Gasteiger partial charge in [0.05, 0.1) is 24.6 Å². The van der Waals surface area contributed by atoms with Gasteiger partial charge < -0.3 is 21.1 Å². The zero-order chi connectivity index (χ0) is 18.3. The number of benzene rings is 1. The molecule has 0 radical (unpaired) electrons. The second-order valence-electron chi connectivity index (χ2n) is 5.53. The quantitative estimate of drug-likeness (QED) is 0.461. The lowest BCUT2D eigenvalue weighted by molar-refractivity contribution is -0.385. The summed E-state index contributed by atoms with van der Waals surface area (Å²) in [6.07, 6.45) is 0. The second-order valence-corrected chi connectivity index (χ2v) is 5.53. The number of ether oxygens (including phenoxy) is 1. The molecule has 1 aromatic rings. The summed E-state index contributed by atoms with van der Waals surface area (Å²) < 4.78 is 4.91. The number of nitrogens with zero attached hydrogens (tertiary/aromatic N) is 1. The number of hydrogen-bond donors (Lipinski definition) is 3. The largest absolute Gasteiger partial charge is 0.490 e. The Bertz CT molecular complexity index is 618. The van der Waals surface area contributed by atoms with Crippen LogP contribution in [0, 0.1) is 16.0 Å². The number of methoxy groups -OCH3 is 1. The van der Waals surface area contributed by atoms with E-state index < -0.39 is 22.8 Å². The van der Waals surface area contributed by atoms with E-state index in [1.165, 1.54) is 19.2 Å². The fraction of sp³-hybridized carbons (Fsp3) is 0.467. The topological polar surface area (TPSA) is 137 Å². The van der Waals surface area contributed by atoms with Crippen LogP contribution in [0.5, 0.6) is 5.75 Å². The minimum absolute atomic E-state index is 0.0343. The smallest absolute Gasteiger partial charge is 0.311 e. The van der Waals surface area contributed by atoms with Crippen LogP contribution in [0.4, 0.5) is 5.69 Å². The lowest BCUT2D eigenvalue weighted by atomic mass is 10.1. The minimum atomic E-state index is -0.679. The van der Waals surface area contributed by atoms with Gasteiger partial charge in [-0.2, -0.15) is 0 Å². The fourth-order valence-corrected chi connectivity index (χ4v) is 1.84. The van der Waals surface area contributed by atoms with Crippen molar-refractivity contribution in [3.05, 3.63) is 33.9 Å². The van der Waals surface area contributed by atoms with E-state index in [1.807, 2.05) is 0 Å². The van der Waals surface area contributed by atoms with E-state index in [9.17, 15) is 19.7 Å². The van der Waals surface area contributed by atoms with Crippen LogP contribution in [-0.2, 0) is 16.1 Å². The highest BCUT2D eigenvalue weighted by Gasteiger charge is 2.18. The number of nitro benzene ring substituents is 1. The number of amides is 2. The predicted molar refractivity (Wildman–Crippen MR) is 87.3 cm³/mol. The number of carbonyl (C=O) groups is 2. The summed E-state index contributed by atoms with van der Waals surface area (Å²) in [4.78, 5) is 33.8. The molecule has 9 nitrogen and oxygen atoms in total. The Labute approximate surface area is 139 Å². The maximum atomic E-state index is 11.7. The van der Waals surface area contributed by atoms with Gasteiger partial charge in [0.1, 0.15) is 0 Å². The van der Waals surface area contributed by atoms with E-state index in [0.717, 1.165) is 0 Å². The highest BCUT2D eigenvalue weighted by atomic mass is 16.6. The van der Waals surface area contributed by atoms with E-state index in [0.29, 0.717) is 5.56 Å². The molecule has 0 spiro atoms. The Balaban J connectivity index is 2.54. The monoisotopic (exact) mass is 338 g/mol. The van der Waals surface area contributed by atoms with Crippen LogP contribution in [0.3, 0.4) is 0 Å². The molecule has 9 heteroatoms. The van der Waals surface area contributed by atoms with Gasteiger partial charge in [-0.15, -0.1) is 0 Å². The van der Waals surface area contributed by atoms with Gasteiger partial charge in [0, 0.05) is 12.6 Å². The molecule has 24 heavy (non-hydrogen) atoms. The van der Waals surface area contributed by atoms with Crippen LogP contribution in [0.2, 0.25) is 0 Å². The fourth-order valence-electron chi connectivity index (χ4n) is 1.84. The molecule has 0 fully saturated rings. The van der Waals surface area contributed by atoms with Gasteiger partial charge in [0.25, 0.3) is 0 Å². The van der Waals surface area contributed by atoms with Gasteiger partial charge in [0.15, 0.2) is 5.75 Å². The van der Waals surface area contributed by atoms with Crippen molar-refractivity contribution in [1.29, 1.82) is 0 Å². The molecular formula is C15H22N4O5. The van der Waals surface area contributed by atoms with Crippen molar-refractivity contribution in [1.82, 2.24) is 10.6 Å². The Morgan fingerprint density at radius 1 is 1.33 bits per heavy atom. The summed E-state index contributed by atoms with van der Waals surface area (Å²) in [7, 11) is 1.34. The predicted octanol–water partition coefficient (Wildman–Crippen LogP) is 0.319. The molecule has 0 aromatic heterocycles. The third-order valence-electron chi connectivity index (χ3n) is 3.37. The first-order chi connectivity index (χ1) is 11.3. The zero-order valence-electron chi connectivity index (χ0n) is 13.9. The maximum absolute atomic E-state index is 11.7. The standard InChI is InChI=1S/C15H22N4O5/c1-9(2)14(16)15(21)18-8-13(20)17-7-10-4-5-12(24-3)11(6-10)19(22)23/h4-6,9,14H,7-8,16H2,1-3H3,(H,17,20)(H,18,21)/t14-/m0/s1. The summed E-state index contributed by atoms with van der Waals surface area (Å²) >= 11 is 0. The lowest BCUT2D eigenvalue weighted by Crippen LogP contribution is -2.47. The van der Waals surface area contributed by atoms with Crippen LogP contribution in [0.1, 0.15) is 19.4 Å². The molecule has 4 N–H and O–H groups in total. The molecule has 0 unspecified atom stereocenters. The first-order valence-electron chi connectivity index (χ1n) is 7.37. The molecule has 0 saturated carbocycles. The molecule has 1 rings (SSSR count). The number of nitrogens with two attached hydrogens (primary N) is 1. The Morgan fingerprint density at radius 2 is 2.00 bits per heavy atom. The van der Waals surface area contributed by atoms with Gasteiger partial charge in [-0.3, -0.25) is 19.7 Å². The normalized spacial score (nSPS) is 11.7. The number of nitrogens with one attached hydrogen (secondary N) is 2. The first-order valence-corrected chi connectivity index (χ1v) is 7.37. The minimum Gasteiger partial charge on any atom is -0.490 e. The van der Waals surface area contributed by atoms with Crippen molar-refractivity contribution < 1.29 is 19.2 Å². The molecule has 1 atom stereocenters. The molecular weight excluding hydrogens is 316 g/mol. The summed E-state index contributed by atoms with van der Waals surface area (Å²) in [5.74, 6) is -0.712. The van der Waals surface area contributed by atoms with Crippen molar-refractivity contribution in [3.8, 4) is 5.75 Å². The molecule has 0 aliphatic rings. The van der Waals surface area contributed by atoms with Gasteiger partial charge in [-0.05, 0) is 17.5 Å². The lowest BCUT2D eigenvalue weighted by Gasteiger charge is -2.15. The number of carbonyl (C=O) groups excluding carboxylic acids is 2. The van der Waals surface area contributed by atoms with Gasteiger partial charge in [-0.25, -0.2) is 0 Å². The SMILES string of the molecule is COc1ccc(CNC(=O)CNC(=O)[C@@H](N)C(C)C)cc1[N+](=O)[O-].